The molecule has 26 heavy (non-hydrogen) atoms. The molecule has 1 aliphatic rings. The van der Waals surface area contributed by atoms with Crippen molar-refractivity contribution in [3.05, 3.63) is 59.4 Å². The van der Waals surface area contributed by atoms with E-state index in [0.717, 1.165) is 42.7 Å². The van der Waals surface area contributed by atoms with Crippen LogP contribution in [0.25, 0.3) is 6.08 Å². The lowest BCUT2D eigenvalue weighted by atomic mass is 10.1. The van der Waals surface area contributed by atoms with E-state index in [-0.39, 0.29) is 11.9 Å². The fraction of sp³-hybridized carbons (Fsp3) is 0.409. The number of amides is 1. The zero-order valence-electron chi connectivity index (χ0n) is 15.9. The highest BCUT2D eigenvalue weighted by Gasteiger charge is 2.26. The molecule has 1 fully saturated rings. The summed E-state index contributed by atoms with van der Waals surface area (Å²) in [6.07, 6.45) is 10.0. The lowest BCUT2D eigenvalue weighted by molar-refractivity contribution is -0.128. The van der Waals surface area contributed by atoms with Crippen molar-refractivity contribution < 1.29 is 9.53 Å². The fourth-order valence-electron chi connectivity index (χ4n) is 3.74. The molecule has 1 aromatic carbocycles. The third kappa shape index (κ3) is 4.01. The van der Waals surface area contributed by atoms with E-state index in [2.05, 4.69) is 29.9 Å². The Morgan fingerprint density at radius 3 is 2.81 bits per heavy atom. The number of hydrogen-bond acceptors (Lipinski definition) is 2. The van der Waals surface area contributed by atoms with Gasteiger partial charge in [0.1, 0.15) is 5.75 Å². The van der Waals surface area contributed by atoms with Crippen LogP contribution in [-0.4, -0.2) is 29.0 Å². The third-order valence-electron chi connectivity index (χ3n) is 5.15. The molecule has 1 atom stereocenters. The lowest BCUT2D eigenvalue weighted by Crippen LogP contribution is -2.34. The molecule has 4 heteroatoms. The van der Waals surface area contributed by atoms with Crippen LogP contribution in [0.3, 0.4) is 0 Å². The first-order valence-electron chi connectivity index (χ1n) is 9.34. The molecule has 1 unspecified atom stereocenters. The maximum Gasteiger partial charge on any atom is 0.247 e. The summed E-state index contributed by atoms with van der Waals surface area (Å²) in [5, 5.41) is 0. The van der Waals surface area contributed by atoms with Crippen LogP contribution < -0.4 is 4.74 Å². The summed E-state index contributed by atoms with van der Waals surface area (Å²) in [5.74, 6) is 0.858. The second-order valence-corrected chi connectivity index (χ2v) is 7.02. The van der Waals surface area contributed by atoms with Crippen LogP contribution in [0.5, 0.6) is 5.75 Å². The minimum absolute atomic E-state index is 0.0710. The first-order chi connectivity index (χ1) is 12.6. The Bertz CT molecular complexity index is 791. The molecule has 1 saturated heterocycles. The van der Waals surface area contributed by atoms with Crippen molar-refractivity contribution >= 4 is 12.0 Å². The van der Waals surface area contributed by atoms with Crippen LogP contribution in [0.2, 0.25) is 0 Å². The van der Waals surface area contributed by atoms with Crippen LogP contribution in [-0.2, 0) is 11.8 Å². The number of methoxy groups -OCH3 is 1. The average molecular weight is 352 g/mol. The summed E-state index contributed by atoms with van der Waals surface area (Å²) >= 11 is 0. The van der Waals surface area contributed by atoms with E-state index >= 15 is 0 Å². The Kier molecular flexibility index (Phi) is 5.82. The summed E-state index contributed by atoms with van der Waals surface area (Å²) in [6.45, 7) is 2.85. The van der Waals surface area contributed by atoms with E-state index in [1.165, 1.54) is 12.1 Å². The van der Waals surface area contributed by atoms with Gasteiger partial charge in [0.05, 0.1) is 13.2 Å². The van der Waals surface area contributed by atoms with E-state index in [1.807, 2.05) is 36.1 Å². The van der Waals surface area contributed by atoms with Gasteiger partial charge in [0, 0.05) is 37.1 Å². The Morgan fingerprint density at radius 2 is 2.08 bits per heavy atom. The normalized spacial score (nSPS) is 18.1. The molecule has 1 aromatic heterocycles. The summed E-state index contributed by atoms with van der Waals surface area (Å²) in [6, 6.07) is 10.3. The number of nitrogens with zero attached hydrogens (tertiary/aromatic N) is 2. The molecule has 2 aromatic rings. The third-order valence-corrected chi connectivity index (χ3v) is 5.15. The minimum Gasteiger partial charge on any atom is -0.496 e. The quantitative estimate of drug-likeness (QED) is 0.759. The summed E-state index contributed by atoms with van der Waals surface area (Å²) < 4.78 is 7.54. The van der Waals surface area contributed by atoms with Crippen molar-refractivity contribution in [2.45, 2.75) is 38.6 Å². The largest absolute Gasteiger partial charge is 0.496 e. The Morgan fingerprint density at radius 1 is 1.23 bits per heavy atom. The van der Waals surface area contributed by atoms with Gasteiger partial charge in [-0.05, 0) is 50.1 Å². The van der Waals surface area contributed by atoms with Crippen LogP contribution in [0.1, 0.15) is 48.5 Å². The van der Waals surface area contributed by atoms with E-state index in [1.54, 1.807) is 13.2 Å². The number of rotatable bonds is 4. The zero-order chi connectivity index (χ0) is 18.5. The maximum absolute atomic E-state index is 13.0. The van der Waals surface area contributed by atoms with Crippen molar-refractivity contribution in [3.8, 4) is 5.75 Å². The van der Waals surface area contributed by atoms with E-state index < -0.39 is 0 Å². The predicted molar refractivity (Wildman–Crippen MR) is 105 cm³/mol. The molecular weight excluding hydrogens is 324 g/mol. The van der Waals surface area contributed by atoms with Gasteiger partial charge in [-0.25, -0.2) is 0 Å². The molecule has 0 N–H and O–H groups in total. The van der Waals surface area contributed by atoms with Gasteiger partial charge >= 0.3 is 0 Å². The Hall–Kier alpha value is -2.49. The first kappa shape index (κ1) is 18.3. The zero-order valence-corrected chi connectivity index (χ0v) is 15.9. The van der Waals surface area contributed by atoms with E-state index in [0.29, 0.717) is 0 Å². The molecule has 0 spiro atoms. The van der Waals surface area contributed by atoms with Gasteiger partial charge in [0.2, 0.25) is 5.91 Å². The second kappa shape index (κ2) is 8.26. The number of carbonyl (C=O) groups is 1. The molecular formula is C22H28N2O2. The molecule has 0 saturated carbocycles. The number of benzene rings is 1. The monoisotopic (exact) mass is 352 g/mol. The van der Waals surface area contributed by atoms with Crippen molar-refractivity contribution in [1.82, 2.24) is 9.47 Å². The molecule has 0 radical (unpaired) electrons. The van der Waals surface area contributed by atoms with Crippen LogP contribution >= 0.6 is 0 Å². The molecule has 1 aliphatic heterocycles. The van der Waals surface area contributed by atoms with Crippen molar-refractivity contribution in [2.24, 2.45) is 7.05 Å². The highest BCUT2D eigenvalue weighted by Crippen LogP contribution is 2.30. The molecule has 138 valence electrons. The Labute approximate surface area is 156 Å². The van der Waals surface area contributed by atoms with Crippen molar-refractivity contribution in [3.63, 3.8) is 0 Å². The maximum atomic E-state index is 13.0. The second-order valence-electron chi connectivity index (χ2n) is 7.02. The van der Waals surface area contributed by atoms with Crippen LogP contribution in [0, 0.1) is 6.92 Å². The lowest BCUT2D eigenvalue weighted by Gasteiger charge is -2.29. The molecule has 0 bridgehead atoms. The van der Waals surface area contributed by atoms with Gasteiger partial charge in [-0.15, -0.1) is 0 Å². The van der Waals surface area contributed by atoms with Gasteiger partial charge < -0.3 is 14.2 Å². The summed E-state index contributed by atoms with van der Waals surface area (Å²) in [7, 11) is 3.71. The number of ether oxygens (including phenoxy) is 1. The van der Waals surface area contributed by atoms with E-state index in [9.17, 15) is 4.79 Å². The fourth-order valence-corrected chi connectivity index (χ4v) is 3.74. The summed E-state index contributed by atoms with van der Waals surface area (Å²) in [4.78, 5) is 15.0. The molecule has 1 amide bonds. The number of carbonyl (C=O) groups excluding carboxylic acids is 1. The molecule has 3 rings (SSSR count). The number of hydrogen-bond donors (Lipinski definition) is 0. The Balaban J connectivity index is 1.84. The molecule has 4 nitrogen and oxygen atoms in total. The highest BCUT2D eigenvalue weighted by atomic mass is 16.5. The SMILES string of the molecule is COc1ccc(C)cc1/C=C/C(=O)N1CCCCCC1c1cccn1C. The minimum atomic E-state index is 0.0710. The van der Waals surface area contributed by atoms with Gasteiger partial charge in [0.15, 0.2) is 0 Å². The number of likely N-dealkylation sites (tertiary alicyclic amines) is 1. The first-order valence-corrected chi connectivity index (χ1v) is 9.34. The van der Waals surface area contributed by atoms with Crippen LogP contribution in [0.15, 0.2) is 42.6 Å². The highest BCUT2D eigenvalue weighted by molar-refractivity contribution is 5.92. The standard InChI is InChI=1S/C22H28N2O2/c1-17-10-12-21(26-3)18(16-17)11-13-22(25)24-15-6-4-5-8-20(24)19-9-7-14-23(19)2/h7,9-14,16,20H,4-6,8,15H2,1-3H3/b13-11+. The van der Waals surface area contributed by atoms with E-state index in [4.69, 9.17) is 4.74 Å². The number of aryl methyl sites for hydroxylation is 2. The molecule has 2 heterocycles. The topological polar surface area (TPSA) is 34.5 Å². The van der Waals surface area contributed by atoms with Crippen molar-refractivity contribution in [2.75, 3.05) is 13.7 Å². The van der Waals surface area contributed by atoms with Gasteiger partial charge in [-0.3, -0.25) is 4.79 Å². The average Bonchev–Trinajstić information content (AvgIpc) is 2.91. The van der Waals surface area contributed by atoms with Crippen LogP contribution in [0.4, 0.5) is 0 Å². The van der Waals surface area contributed by atoms with Gasteiger partial charge in [-0.2, -0.15) is 0 Å². The smallest absolute Gasteiger partial charge is 0.247 e. The van der Waals surface area contributed by atoms with Gasteiger partial charge in [0.25, 0.3) is 0 Å². The van der Waals surface area contributed by atoms with Crippen molar-refractivity contribution in [1.29, 1.82) is 0 Å². The molecule has 0 aliphatic carbocycles. The van der Waals surface area contributed by atoms with Gasteiger partial charge in [-0.1, -0.05) is 24.5 Å². The predicted octanol–water partition coefficient (Wildman–Crippen LogP) is 4.50. The summed E-state index contributed by atoms with van der Waals surface area (Å²) in [5.41, 5.74) is 3.29. The number of aromatic nitrogens is 1.